The number of pyridine rings is 1. The van der Waals surface area contributed by atoms with E-state index in [0.717, 1.165) is 33.3 Å². The summed E-state index contributed by atoms with van der Waals surface area (Å²) in [7, 11) is 0. The Morgan fingerprint density at radius 2 is 1.57 bits per heavy atom. The molecule has 0 spiro atoms. The molecule has 4 nitrogen and oxygen atoms in total. The minimum absolute atomic E-state index is 0.345. The first-order valence-electron chi connectivity index (χ1n) is 10.2. The van der Waals surface area contributed by atoms with Gasteiger partial charge in [0.25, 0.3) is 0 Å². The largest absolute Gasteiger partial charge is 0.438 e. The molecule has 2 aromatic carbocycles. The second-order valence-electron chi connectivity index (χ2n) is 8.14. The van der Waals surface area contributed by atoms with Gasteiger partial charge in [-0.25, -0.2) is 15.0 Å². The van der Waals surface area contributed by atoms with Crippen LogP contribution in [0.3, 0.4) is 0 Å². The number of hydrogen-bond donors (Lipinski definition) is 0. The highest BCUT2D eigenvalue weighted by Crippen LogP contribution is 2.35. The Hall–Kier alpha value is -3.53. The summed E-state index contributed by atoms with van der Waals surface area (Å²) in [5.74, 6) is 0.345. The second kappa shape index (κ2) is 7.06. The van der Waals surface area contributed by atoms with Crippen LogP contribution in [0.4, 0.5) is 0 Å². The molecule has 3 aromatic heterocycles. The Balaban J connectivity index is 1.70. The van der Waals surface area contributed by atoms with Gasteiger partial charge in [-0.2, -0.15) is 0 Å². The van der Waals surface area contributed by atoms with Crippen molar-refractivity contribution >= 4 is 22.1 Å². The quantitative estimate of drug-likeness (QED) is 0.336. The van der Waals surface area contributed by atoms with Crippen LogP contribution in [-0.4, -0.2) is 15.0 Å². The number of furan rings is 1. The van der Waals surface area contributed by atoms with Crippen LogP contribution < -0.4 is 0 Å². The Morgan fingerprint density at radius 1 is 0.800 bits per heavy atom. The van der Waals surface area contributed by atoms with Crippen LogP contribution in [0.15, 0.2) is 65.5 Å². The van der Waals surface area contributed by atoms with Gasteiger partial charge in [0.15, 0.2) is 0 Å². The fraction of sp³-hybridized carbons (Fsp3) is 0.192. The van der Waals surface area contributed by atoms with Gasteiger partial charge < -0.3 is 4.42 Å². The minimum atomic E-state index is 0.345. The molecule has 0 aliphatic carbocycles. The number of aromatic nitrogens is 3. The summed E-state index contributed by atoms with van der Waals surface area (Å²) in [6.45, 7) is 8.57. The van der Waals surface area contributed by atoms with E-state index in [1.165, 1.54) is 22.3 Å². The van der Waals surface area contributed by atoms with Gasteiger partial charge in [0.1, 0.15) is 11.9 Å². The van der Waals surface area contributed by atoms with Gasteiger partial charge in [0.2, 0.25) is 5.71 Å². The number of aryl methyl sites for hydroxylation is 2. The molecule has 0 N–H and O–H groups in total. The normalized spacial score (nSPS) is 11.6. The van der Waals surface area contributed by atoms with Crippen molar-refractivity contribution in [3.8, 4) is 22.4 Å². The molecule has 0 atom stereocenters. The van der Waals surface area contributed by atoms with Gasteiger partial charge in [0.05, 0.1) is 5.69 Å². The summed E-state index contributed by atoms with van der Waals surface area (Å²) in [5, 5.41) is 2.07. The van der Waals surface area contributed by atoms with Gasteiger partial charge in [0, 0.05) is 28.2 Å². The summed E-state index contributed by atoms with van der Waals surface area (Å²) in [6.07, 6.45) is 3.45. The van der Waals surface area contributed by atoms with Crippen molar-refractivity contribution in [2.24, 2.45) is 0 Å². The maximum Gasteiger partial charge on any atom is 0.227 e. The number of benzene rings is 2. The number of rotatable bonds is 3. The zero-order chi connectivity index (χ0) is 20.8. The van der Waals surface area contributed by atoms with Gasteiger partial charge in [-0.15, -0.1) is 0 Å². The lowest BCUT2D eigenvalue weighted by Crippen LogP contribution is -1.95. The Bertz CT molecular complexity index is 1380. The molecule has 0 bridgehead atoms. The van der Waals surface area contributed by atoms with Crippen molar-refractivity contribution in [1.29, 1.82) is 0 Å². The van der Waals surface area contributed by atoms with E-state index in [0.29, 0.717) is 11.6 Å². The molecule has 0 fully saturated rings. The average Bonchev–Trinajstić information content (AvgIpc) is 3.11. The first-order chi connectivity index (χ1) is 14.5. The molecule has 5 rings (SSSR count). The Labute approximate surface area is 175 Å². The van der Waals surface area contributed by atoms with E-state index in [-0.39, 0.29) is 0 Å². The molecule has 0 unspecified atom stereocenters. The molecular formula is C26H23N3O. The smallest absolute Gasteiger partial charge is 0.227 e. The summed E-state index contributed by atoms with van der Waals surface area (Å²) in [6, 6.07) is 16.9. The lowest BCUT2D eigenvalue weighted by atomic mass is 9.95. The van der Waals surface area contributed by atoms with Crippen LogP contribution >= 0.6 is 0 Å². The average molecular weight is 393 g/mol. The van der Waals surface area contributed by atoms with Gasteiger partial charge in [-0.05, 0) is 66.3 Å². The third-order valence-electron chi connectivity index (χ3n) is 5.67. The van der Waals surface area contributed by atoms with Gasteiger partial charge in [-0.1, -0.05) is 38.1 Å². The highest BCUT2D eigenvalue weighted by Gasteiger charge is 2.14. The summed E-state index contributed by atoms with van der Waals surface area (Å²) in [4.78, 5) is 13.4. The SMILES string of the molecule is Cc1cccc(C)c1-c1ccc2oc3ncc(-c4cc(C(C)C)ncn4)cc3c2c1. The van der Waals surface area contributed by atoms with E-state index in [2.05, 4.69) is 79.0 Å². The lowest BCUT2D eigenvalue weighted by molar-refractivity contribution is 0.654. The minimum Gasteiger partial charge on any atom is -0.438 e. The molecule has 0 radical (unpaired) electrons. The topological polar surface area (TPSA) is 51.8 Å². The third-order valence-corrected chi connectivity index (χ3v) is 5.67. The van der Waals surface area contributed by atoms with Crippen molar-refractivity contribution in [2.75, 3.05) is 0 Å². The molecule has 0 amide bonds. The highest BCUT2D eigenvalue weighted by atomic mass is 16.3. The molecule has 148 valence electrons. The van der Waals surface area contributed by atoms with Crippen LogP contribution in [0, 0.1) is 13.8 Å². The third kappa shape index (κ3) is 3.05. The Kier molecular flexibility index (Phi) is 4.35. The van der Waals surface area contributed by atoms with E-state index in [4.69, 9.17) is 4.42 Å². The van der Waals surface area contributed by atoms with Gasteiger partial charge in [-0.3, -0.25) is 0 Å². The zero-order valence-corrected chi connectivity index (χ0v) is 17.6. The molecule has 0 saturated heterocycles. The van der Waals surface area contributed by atoms with Crippen LogP contribution in [0.25, 0.3) is 44.5 Å². The van der Waals surface area contributed by atoms with E-state index >= 15 is 0 Å². The molecule has 0 saturated carbocycles. The molecule has 0 aliphatic rings. The summed E-state index contributed by atoms with van der Waals surface area (Å²) in [5.41, 5.74) is 9.35. The Morgan fingerprint density at radius 3 is 2.33 bits per heavy atom. The molecule has 4 heteroatoms. The second-order valence-corrected chi connectivity index (χ2v) is 8.14. The summed E-state index contributed by atoms with van der Waals surface area (Å²) < 4.78 is 6.01. The first-order valence-corrected chi connectivity index (χ1v) is 10.2. The van der Waals surface area contributed by atoms with Crippen LogP contribution in [-0.2, 0) is 0 Å². The highest BCUT2D eigenvalue weighted by molar-refractivity contribution is 6.06. The number of nitrogens with zero attached hydrogens (tertiary/aromatic N) is 3. The predicted molar refractivity (Wildman–Crippen MR) is 122 cm³/mol. The van der Waals surface area contributed by atoms with Crippen molar-refractivity contribution in [1.82, 2.24) is 15.0 Å². The van der Waals surface area contributed by atoms with E-state index < -0.39 is 0 Å². The number of hydrogen-bond acceptors (Lipinski definition) is 4. The predicted octanol–water partition coefficient (Wildman–Crippen LogP) is 6.85. The summed E-state index contributed by atoms with van der Waals surface area (Å²) >= 11 is 0. The standard InChI is InChI=1S/C26H23N3O/c1-15(2)22-12-23(29-14-28-22)19-11-21-20-10-18(25-16(3)6-5-7-17(25)4)8-9-24(20)30-26(21)27-13-19/h5-15H,1-4H3. The molecular weight excluding hydrogens is 370 g/mol. The van der Waals surface area contributed by atoms with E-state index in [1.54, 1.807) is 6.33 Å². The fourth-order valence-electron chi connectivity index (χ4n) is 4.07. The monoisotopic (exact) mass is 393 g/mol. The van der Waals surface area contributed by atoms with Crippen molar-refractivity contribution < 1.29 is 4.42 Å². The maximum atomic E-state index is 6.01. The van der Waals surface area contributed by atoms with E-state index in [9.17, 15) is 0 Å². The van der Waals surface area contributed by atoms with E-state index in [1.807, 2.05) is 18.3 Å². The lowest BCUT2D eigenvalue weighted by Gasteiger charge is -2.10. The molecule has 3 heterocycles. The van der Waals surface area contributed by atoms with Crippen LogP contribution in [0.1, 0.15) is 36.6 Å². The van der Waals surface area contributed by atoms with Crippen molar-refractivity contribution in [3.05, 3.63) is 77.9 Å². The van der Waals surface area contributed by atoms with Crippen LogP contribution in [0.2, 0.25) is 0 Å². The number of fused-ring (bicyclic) bond motifs is 3. The first kappa shape index (κ1) is 18.5. The molecule has 5 aromatic rings. The molecule has 30 heavy (non-hydrogen) atoms. The maximum absolute atomic E-state index is 6.01. The van der Waals surface area contributed by atoms with Crippen molar-refractivity contribution in [2.45, 2.75) is 33.6 Å². The van der Waals surface area contributed by atoms with Crippen molar-refractivity contribution in [3.63, 3.8) is 0 Å². The fourth-order valence-corrected chi connectivity index (χ4v) is 4.07. The molecule has 0 aliphatic heterocycles. The van der Waals surface area contributed by atoms with Gasteiger partial charge >= 0.3 is 0 Å². The zero-order valence-electron chi connectivity index (χ0n) is 17.6. The van der Waals surface area contributed by atoms with Crippen LogP contribution in [0.5, 0.6) is 0 Å².